The van der Waals surface area contributed by atoms with Crippen molar-refractivity contribution in [2.24, 2.45) is 7.05 Å². The lowest BCUT2D eigenvalue weighted by molar-refractivity contribution is 0.756. The summed E-state index contributed by atoms with van der Waals surface area (Å²) in [6.45, 7) is 8.49. The summed E-state index contributed by atoms with van der Waals surface area (Å²) in [6, 6.07) is 6.74. The van der Waals surface area contributed by atoms with Crippen molar-refractivity contribution in [1.82, 2.24) is 9.78 Å². The van der Waals surface area contributed by atoms with Crippen molar-refractivity contribution in [2.75, 3.05) is 5.32 Å². The van der Waals surface area contributed by atoms with Gasteiger partial charge in [-0.15, -0.1) is 0 Å². The van der Waals surface area contributed by atoms with Crippen molar-refractivity contribution in [3.63, 3.8) is 0 Å². The molecule has 0 amide bonds. The third kappa shape index (κ3) is 2.55. The minimum absolute atomic E-state index is 0.265. The monoisotopic (exact) mass is 243 g/mol. The van der Waals surface area contributed by atoms with E-state index in [0.717, 1.165) is 11.4 Å². The van der Waals surface area contributed by atoms with Crippen molar-refractivity contribution < 1.29 is 0 Å². The molecule has 0 saturated heterocycles. The summed E-state index contributed by atoms with van der Waals surface area (Å²) in [7, 11) is 1.96. The number of hydrogen-bond acceptors (Lipinski definition) is 2. The second kappa shape index (κ2) is 4.84. The Balaban J connectivity index is 2.18. The average molecular weight is 243 g/mol. The lowest BCUT2D eigenvalue weighted by Gasteiger charge is -2.15. The first-order valence-electron chi connectivity index (χ1n) is 6.31. The summed E-state index contributed by atoms with van der Waals surface area (Å²) < 4.78 is 1.86. The van der Waals surface area contributed by atoms with Crippen LogP contribution in [0.3, 0.4) is 0 Å². The molecular weight excluding hydrogens is 222 g/mol. The maximum absolute atomic E-state index is 4.38. The highest BCUT2D eigenvalue weighted by atomic mass is 15.3. The quantitative estimate of drug-likeness (QED) is 0.894. The summed E-state index contributed by atoms with van der Waals surface area (Å²) in [5.41, 5.74) is 6.13. The van der Waals surface area contributed by atoms with Gasteiger partial charge < -0.3 is 5.32 Å². The summed E-state index contributed by atoms with van der Waals surface area (Å²) in [4.78, 5) is 0. The standard InChI is InChI=1S/C15H21N3/c1-10-6-7-14(8-11(10)2)16-12(3)15-9-18(5)17-13(15)4/h6-9,12,16H,1-5H3. The van der Waals surface area contributed by atoms with E-state index in [-0.39, 0.29) is 6.04 Å². The topological polar surface area (TPSA) is 29.9 Å². The summed E-state index contributed by atoms with van der Waals surface area (Å²) in [5, 5.41) is 7.91. The molecular formula is C15H21N3. The first kappa shape index (κ1) is 12.7. The number of aromatic nitrogens is 2. The van der Waals surface area contributed by atoms with Crippen LogP contribution >= 0.6 is 0 Å². The Bertz CT molecular complexity index is 555. The van der Waals surface area contributed by atoms with Crippen molar-refractivity contribution in [3.05, 3.63) is 46.8 Å². The first-order valence-corrected chi connectivity index (χ1v) is 6.31. The number of nitrogens with one attached hydrogen (secondary N) is 1. The number of anilines is 1. The molecule has 0 aliphatic carbocycles. The van der Waals surface area contributed by atoms with E-state index in [4.69, 9.17) is 0 Å². The highest BCUT2D eigenvalue weighted by Crippen LogP contribution is 2.22. The van der Waals surface area contributed by atoms with Crippen LogP contribution in [0.1, 0.15) is 35.3 Å². The van der Waals surface area contributed by atoms with E-state index in [9.17, 15) is 0 Å². The third-order valence-corrected chi connectivity index (χ3v) is 3.41. The van der Waals surface area contributed by atoms with Crippen LogP contribution in [0.4, 0.5) is 5.69 Å². The van der Waals surface area contributed by atoms with E-state index in [1.54, 1.807) is 0 Å². The molecule has 0 aliphatic heterocycles. The van der Waals surface area contributed by atoms with Gasteiger partial charge in [-0.05, 0) is 51.0 Å². The minimum atomic E-state index is 0.265. The van der Waals surface area contributed by atoms with Crippen LogP contribution in [0.15, 0.2) is 24.4 Å². The molecule has 0 fully saturated rings. The first-order chi connectivity index (χ1) is 8.47. The second-order valence-electron chi connectivity index (χ2n) is 5.01. The van der Waals surface area contributed by atoms with Gasteiger partial charge in [-0.25, -0.2) is 0 Å². The Kier molecular flexibility index (Phi) is 3.41. The molecule has 0 saturated carbocycles. The molecule has 18 heavy (non-hydrogen) atoms. The maximum Gasteiger partial charge on any atom is 0.0646 e. The van der Waals surface area contributed by atoms with Gasteiger partial charge in [0.25, 0.3) is 0 Å². The van der Waals surface area contributed by atoms with Crippen molar-refractivity contribution >= 4 is 5.69 Å². The number of nitrogens with zero attached hydrogens (tertiary/aromatic N) is 2. The van der Waals surface area contributed by atoms with E-state index in [0.29, 0.717) is 0 Å². The molecule has 1 aromatic heterocycles. The lowest BCUT2D eigenvalue weighted by atomic mass is 10.1. The Hall–Kier alpha value is -1.77. The molecule has 0 aliphatic rings. The molecule has 1 aromatic carbocycles. The van der Waals surface area contributed by atoms with Gasteiger partial charge in [0.1, 0.15) is 0 Å². The van der Waals surface area contributed by atoms with Crippen LogP contribution in [0, 0.1) is 20.8 Å². The van der Waals surface area contributed by atoms with E-state index >= 15 is 0 Å². The zero-order valence-electron chi connectivity index (χ0n) is 11.8. The van der Waals surface area contributed by atoms with Crippen molar-refractivity contribution in [3.8, 4) is 0 Å². The molecule has 1 unspecified atom stereocenters. The summed E-state index contributed by atoms with van der Waals surface area (Å²) >= 11 is 0. The molecule has 96 valence electrons. The molecule has 3 heteroatoms. The van der Waals surface area contributed by atoms with E-state index < -0.39 is 0 Å². The van der Waals surface area contributed by atoms with Crippen LogP contribution in [-0.2, 0) is 7.05 Å². The molecule has 0 spiro atoms. The van der Waals surface area contributed by atoms with Gasteiger partial charge in [-0.2, -0.15) is 5.10 Å². The molecule has 1 heterocycles. The minimum Gasteiger partial charge on any atom is -0.378 e. The fraction of sp³-hybridized carbons (Fsp3) is 0.400. The van der Waals surface area contributed by atoms with Crippen LogP contribution in [0.2, 0.25) is 0 Å². The Morgan fingerprint density at radius 3 is 2.44 bits per heavy atom. The van der Waals surface area contributed by atoms with Crippen LogP contribution in [0.25, 0.3) is 0 Å². The fourth-order valence-corrected chi connectivity index (χ4v) is 2.20. The van der Waals surface area contributed by atoms with Crippen LogP contribution in [0.5, 0.6) is 0 Å². The number of aryl methyl sites for hydroxylation is 4. The van der Waals surface area contributed by atoms with Crippen molar-refractivity contribution in [1.29, 1.82) is 0 Å². The van der Waals surface area contributed by atoms with Gasteiger partial charge >= 0.3 is 0 Å². The fourth-order valence-electron chi connectivity index (χ4n) is 2.20. The third-order valence-electron chi connectivity index (χ3n) is 3.41. The molecule has 2 aromatic rings. The highest BCUT2D eigenvalue weighted by molar-refractivity contribution is 5.49. The lowest BCUT2D eigenvalue weighted by Crippen LogP contribution is -2.07. The van der Waals surface area contributed by atoms with Crippen molar-refractivity contribution in [2.45, 2.75) is 33.7 Å². The highest BCUT2D eigenvalue weighted by Gasteiger charge is 2.11. The SMILES string of the molecule is Cc1ccc(NC(C)c2cn(C)nc2C)cc1C. The predicted octanol–water partition coefficient (Wildman–Crippen LogP) is 3.52. The van der Waals surface area contributed by atoms with E-state index in [2.05, 4.69) is 55.6 Å². The molecule has 1 N–H and O–H groups in total. The van der Waals surface area contributed by atoms with Gasteiger partial charge in [0, 0.05) is 24.5 Å². The zero-order valence-corrected chi connectivity index (χ0v) is 11.8. The Labute approximate surface area is 109 Å². The van der Waals surface area contributed by atoms with Gasteiger partial charge in [0.2, 0.25) is 0 Å². The van der Waals surface area contributed by atoms with Gasteiger partial charge in [0.05, 0.1) is 11.7 Å². The number of benzene rings is 1. The Morgan fingerprint density at radius 1 is 1.17 bits per heavy atom. The molecule has 3 nitrogen and oxygen atoms in total. The molecule has 1 atom stereocenters. The Morgan fingerprint density at radius 2 is 1.89 bits per heavy atom. The van der Waals surface area contributed by atoms with Gasteiger partial charge in [0.15, 0.2) is 0 Å². The smallest absolute Gasteiger partial charge is 0.0646 e. The second-order valence-corrected chi connectivity index (χ2v) is 5.01. The largest absolute Gasteiger partial charge is 0.378 e. The predicted molar refractivity (Wildman–Crippen MR) is 75.9 cm³/mol. The van der Waals surface area contributed by atoms with Crippen LogP contribution < -0.4 is 5.32 Å². The molecule has 2 rings (SSSR count). The van der Waals surface area contributed by atoms with Crippen LogP contribution in [-0.4, -0.2) is 9.78 Å². The van der Waals surface area contributed by atoms with Gasteiger partial charge in [-0.3, -0.25) is 4.68 Å². The van der Waals surface area contributed by atoms with E-state index in [1.807, 2.05) is 18.7 Å². The summed E-state index contributed by atoms with van der Waals surface area (Å²) in [5.74, 6) is 0. The maximum atomic E-state index is 4.38. The zero-order chi connectivity index (χ0) is 13.3. The molecule has 0 bridgehead atoms. The van der Waals surface area contributed by atoms with E-state index in [1.165, 1.54) is 16.7 Å². The number of rotatable bonds is 3. The normalized spacial score (nSPS) is 12.5. The molecule has 0 radical (unpaired) electrons. The average Bonchev–Trinajstić information content (AvgIpc) is 2.63. The van der Waals surface area contributed by atoms with Gasteiger partial charge in [-0.1, -0.05) is 6.07 Å². The summed E-state index contributed by atoms with van der Waals surface area (Å²) in [6.07, 6.45) is 2.08. The number of hydrogen-bond donors (Lipinski definition) is 1.